The minimum Gasteiger partial charge on any atom is -0.472 e. The van der Waals surface area contributed by atoms with Crippen LogP contribution >= 0.6 is 0 Å². The van der Waals surface area contributed by atoms with Crippen molar-refractivity contribution in [2.24, 2.45) is 0 Å². The van der Waals surface area contributed by atoms with E-state index < -0.39 is 10.0 Å². The Bertz CT molecular complexity index is 869. The van der Waals surface area contributed by atoms with Gasteiger partial charge in [-0.15, -0.1) is 0 Å². The first-order valence-electron chi connectivity index (χ1n) is 7.08. The summed E-state index contributed by atoms with van der Waals surface area (Å²) in [6.45, 7) is 2.10. The molecule has 0 fully saturated rings. The van der Waals surface area contributed by atoms with E-state index in [9.17, 15) is 8.42 Å². The number of nitrogens with zero attached hydrogens (tertiary/aromatic N) is 1. The molecule has 0 saturated carbocycles. The lowest BCUT2D eigenvalue weighted by atomic mass is 10.2. The highest BCUT2D eigenvalue weighted by atomic mass is 32.2. The Balaban J connectivity index is 1.69. The van der Waals surface area contributed by atoms with Gasteiger partial charge < -0.3 is 4.42 Å². The third-order valence-electron chi connectivity index (χ3n) is 3.44. The first-order chi connectivity index (χ1) is 11.0. The maximum atomic E-state index is 12.2. The second-order valence-corrected chi connectivity index (χ2v) is 6.97. The fraction of sp³-hybridized carbons (Fsp3) is 0.118. The number of hydrogen-bond donors (Lipinski definition) is 1. The topological polar surface area (TPSA) is 72.2 Å². The number of aromatic nitrogens is 1. The van der Waals surface area contributed by atoms with Gasteiger partial charge in [0.1, 0.15) is 0 Å². The van der Waals surface area contributed by atoms with E-state index in [2.05, 4.69) is 9.71 Å². The van der Waals surface area contributed by atoms with Crippen LogP contribution in [0, 0.1) is 6.92 Å². The molecule has 0 aliphatic carbocycles. The zero-order valence-corrected chi connectivity index (χ0v) is 13.4. The van der Waals surface area contributed by atoms with Crippen molar-refractivity contribution >= 4 is 10.0 Å². The quantitative estimate of drug-likeness (QED) is 0.781. The molecule has 3 aromatic rings. The van der Waals surface area contributed by atoms with Crippen molar-refractivity contribution in [1.82, 2.24) is 9.71 Å². The molecule has 0 atom stereocenters. The Kier molecular flexibility index (Phi) is 4.27. The van der Waals surface area contributed by atoms with Crippen LogP contribution in [0.15, 0.2) is 70.5 Å². The van der Waals surface area contributed by atoms with Gasteiger partial charge in [-0.25, -0.2) is 13.1 Å². The van der Waals surface area contributed by atoms with Crippen molar-refractivity contribution in [3.8, 4) is 11.3 Å². The maximum Gasteiger partial charge on any atom is 0.240 e. The number of aryl methyl sites for hydroxylation is 1. The van der Waals surface area contributed by atoms with E-state index in [1.54, 1.807) is 43.0 Å². The highest BCUT2D eigenvalue weighted by Gasteiger charge is 2.13. The number of hydrogen-bond acceptors (Lipinski definition) is 4. The molecule has 0 bridgehead atoms. The van der Waals surface area contributed by atoms with E-state index in [4.69, 9.17) is 4.42 Å². The standard InChI is InChI=1S/C17H16N2O3S/c1-13-2-5-16(6-3-13)23(20,21)19-11-14-4-7-17(18-10-14)15-8-9-22-12-15/h2-10,12,19H,11H2,1H3. The molecule has 0 amide bonds. The second kappa shape index (κ2) is 6.36. The van der Waals surface area contributed by atoms with Crippen LogP contribution in [0.1, 0.15) is 11.1 Å². The van der Waals surface area contributed by atoms with Crippen LogP contribution in [0.2, 0.25) is 0 Å². The highest BCUT2D eigenvalue weighted by Crippen LogP contribution is 2.17. The third kappa shape index (κ3) is 3.67. The Morgan fingerprint density at radius 2 is 1.87 bits per heavy atom. The van der Waals surface area contributed by atoms with Gasteiger partial charge in [-0.1, -0.05) is 23.8 Å². The SMILES string of the molecule is Cc1ccc(S(=O)(=O)NCc2ccc(-c3ccoc3)nc2)cc1. The van der Waals surface area contributed by atoms with Gasteiger partial charge in [0.15, 0.2) is 0 Å². The third-order valence-corrected chi connectivity index (χ3v) is 4.86. The molecular formula is C17H16N2O3S. The van der Waals surface area contributed by atoms with E-state index in [0.717, 1.165) is 22.4 Å². The molecule has 0 saturated heterocycles. The van der Waals surface area contributed by atoms with Crippen LogP contribution in [-0.4, -0.2) is 13.4 Å². The molecule has 118 valence electrons. The number of rotatable bonds is 5. The first kappa shape index (κ1) is 15.5. The Labute approximate surface area is 135 Å². The Morgan fingerprint density at radius 1 is 1.09 bits per heavy atom. The summed E-state index contributed by atoms with van der Waals surface area (Å²) >= 11 is 0. The molecule has 0 radical (unpaired) electrons. The van der Waals surface area contributed by atoms with Crippen molar-refractivity contribution < 1.29 is 12.8 Å². The van der Waals surface area contributed by atoms with Crippen LogP contribution in [0.3, 0.4) is 0 Å². The van der Waals surface area contributed by atoms with Crippen molar-refractivity contribution in [1.29, 1.82) is 0 Å². The number of pyridine rings is 1. The zero-order chi connectivity index (χ0) is 16.3. The summed E-state index contributed by atoms with van der Waals surface area (Å²) in [6, 6.07) is 12.2. The van der Waals surface area contributed by atoms with E-state index in [0.29, 0.717) is 0 Å². The largest absolute Gasteiger partial charge is 0.472 e. The lowest BCUT2D eigenvalue weighted by Crippen LogP contribution is -2.23. The fourth-order valence-electron chi connectivity index (χ4n) is 2.09. The summed E-state index contributed by atoms with van der Waals surface area (Å²) in [5, 5.41) is 0. The molecule has 1 N–H and O–H groups in total. The van der Waals surface area contributed by atoms with Gasteiger partial charge in [0.2, 0.25) is 10.0 Å². The second-order valence-electron chi connectivity index (χ2n) is 5.20. The molecule has 3 rings (SSSR count). The smallest absolute Gasteiger partial charge is 0.240 e. The maximum absolute atomic E-state index is 12.2. The summed E-state index contributed by atoms with van der Waals surface area (Å²) in [5.41, 5.74) is 3.47. The predicted molar refractivity (Wildman–Crippen MR) is 87.1 cm³/mol. The summed E-state index contributed by atoms with van der Waals surface area (Å²) in [7, 11) is -3.52. The molecule has 6 heteroatoms. The van der Waals surface area contributed by atoms with Gasteiger partial charge >= 0.3 is 0 Å². The van der Waals surface area contributed by atoms with E-state index >= 15 is 0 Å². The lowest BCUT2D eigenvalue weighted by Gasteiger charge is -2.07. The average Bonchev–Trinajstić information content (AvgIpc) is 3.08. The predicted octanol–water partition coefficient (Wildman–Crippen LogP) is 3.13. The number of furan rings is 1. The van der Waals surface area contributed by atoms with Gasteiger partial charge in [0, 0.05) is 18.3 Å². The number of sulfonamides is 1. The van der Waals surface area contributed by atoms with Gasteiger partial charge in [0.25, 0.3) is 0 Å². The number of nitrogens with one attached hydrogen (secondary N) is 1. The molecule has 0 unspecified atom stereocenters. The van der Waals surface area contributed by atoms with Gasteiger partial charge in [0.05, 0.1) is 23.1 Å². The van der Waals surface area contributed by atoms with Crippen LogP contribution in [0.4, 0.5) is 0 Å². The summed E-state index contributed by atoms with van der Waals surface area (Å²) in [5.74, 6) is 0. The lowest BCUT2D eigenvalue weighted by molar-refractivity contribution is 0.568. The Hall–Kier alpha value is -2.44. The van der Waals surface area contributed by atoms with Crippen LogP contribution in [-0.2, 0) is 16.6 Å². The van der Waals surface area contributed by atoms with Gasteiger partial charge in [-0.3, -0.25) is 4.98 Å². The zero-order valence-electron chi connectivity index (χ0n) is 12.6. The van der Waals surface area contributed by atoms with Crippen molar-refractivity contribution in [3.05, 3.63) is 72.3 Å². The van der Waals surface area contributed by atoms with Gasteiger partial charge in [-0.05, 0) is 36.8 Å². The molecule has 5 nitrogen and oxygen atoms in total. The molecule has 0 aliphatic heterocycles. The normalized spacial score (nSPS) is 11.5. The van der Waals surface area contributed by atoms with Gasteiger partial charge in [-0.2, -0.15) is 0 Å². The molecular weight excluding hydrogens is 312 g/mol. The minimum atomic E-state index is -3.52. The molecule has 23 heavy (non-hydrogen) atoms. The summed E-state index contributed by atoms with van der Waals surface area (Å²) in [4.78, 5) is 4.57. The molecule has 0 spiro atoms. The Morgan fingerprint density at radius 3 is 2.48 bits per heavy atom. The summed E-state index contributed by atoms with van der Waals surface area (Å²) in [6.07, 6.45) is 4.85. The van der Waals surface area contributed by atoms with E-state index in [1.165, 1.54) is 0 Å². The van der Waals surface area contributed by atoms with Crippen LogP contribution < -0.4 is 4.72 Å². The van der Waals surface area contributed by atoms with Crippen molar-refractivity contribution in [3.63, 3.8) is 0 Å². The first-order valence-corrected chi connectivity index (χ1v) is 8.57. The minimum absolute atomic E-state index is 0.189. The molecule has 0 aliphatic rings. The van der Waals surface area contributed by atoms with Crippen molar-refractivity contribution in [2.75, 3.05) is 0 Å². The monoisotopic (exact) mass is 328 g/mol. The molecule has 2 aromatic heterocycles. The number of benzene rings is 1. The van der Waals surface area contributed by atoms with Crippen LogP contribution in [0.5, 0.6) is 0 Å². The molecule has 1 aromatic carbocycles. The fourth-order valence-corrected chi connectivity index (χ4v) is 3.11. The highest BCUT2D eigenvalue weighted by molar-refractivity contribution is 7.89. The summed E-state index contributed by atoms with van der Waals surface area (Å²) < 4.78 is 32.0. The average molecular weight is 328 g/mol. The van der Waals surface area contributed by atoms with E-state index in [-0.39, 0.29) is 11.4 Å². The van der Waals surface area contributed by atoms with Crippen molar-refractivity contribution in [2.45, 2.75) is 18.4 Å². The van der Waals surface area contributed by atoms with Crippen LogP contribution in [0.25, 0.3) is 11.3 Å². The van der Waals surface area contributed by atoms with E-state index in [1.807, 2.05) is 25.1 Å². The molecule has 2 heterocycles.